The van der Waals surface area contributed by atoms with Gasteiger partial charge >= 0.3 is 0 Å². The molecule has 3 aromatic rings. The average Bonchev–Trinajstić information content (AvgIpc) is 3.79. The Bertz CT molecular complexity index is 1910. The lowest BCUT2D eigenvalue weighted by molar-refractivity contribution is -0.131. The Balaban J connectivity index is 1.46. The summed E-state index contributed by atoms with van der Waals surface area (Å²) >= 11 is 0. The number of hydrogen-bond acceptors (Lipinski definition) is 6. The van der Waals surface area contributed by atoms with Crippen LogP contribution in [0, 0.1) is 32.6 Å². The Morgan fingerprint density at radius 3 is 2.33 bits per heavy atom. The minimum atomic E-state index is -0.0799. The monoisotopic (exact) mass is 673 g/mol. The molecule has 4 N–H and O–H groups in total. The molecule has 3 atom stereocenters. The molecule has 3 aromatic heterocycles. The number of fused-ring (bicyclic) bond motifs is 7. The zero-order valence-corrected chi connectivity index (χ0v) is 30.6. The molecule has 10 nitrogen and oxygen atoms in total. The molecule has 10 heteroatoms. The Hall–Kier alpha value is -3.70. The van der Waals surface area contributed by atoms with Crippen LogP contribution in [-0.2, 0) is 32.0 Å². The lowest BCUT2D eigenvalue weighted by Crippen LogP contribution is -2.32. The van der Waals surface area contributed by atoms with Gasteiger partial charge in [-0.05, 0) is 98.6 Å². The topological polar surface area (TPSA) is 128 Å². The molecule has 8 bridgehead atoms. The van der Waals surface area contributed by atoms with Gasteiger partial charge < -0.3 is 39.2 Å². The highest BCUT2D eigenvalue weighted by molar-refractivity contribution is 6.13. The highest BCUT2D eigenvalue weighted by atomic mass is 16.5. The fourth-order valence-corrected chi connectivity index (χ4v) is 7.22. The van der Waals surface area contributed by atoms with Gasteiger partial charge in [0.25, 0.3) is 0 Å². The molecule has 2 aliphatic rings. The largest absolute Gasteiger partial charge is 0.392 e. The Kier molecular flexibility index (Phi) is 12.2. The molecule has 5 rings (SSSR count). The van der Waals surface area contributed by atoms with Crippen LogP contribution in [0.2, 0.25) is 0 Å². The lowest BCUT2D eigenvalue weighted by Gasteiger charge is -2.24. The van der Waals surface area contributed by atoms with Crippen LogP contribution in [0.4, 0.5) is 0 Å². The van der Waals surface area contributed by atoms with Gasteiger partial charge in [-0.2, -0.15) is 0 Å². The van der Waals surface area contributed by atoms with Crippen LogP contribution in [0.3, 0.4) is 0 Å². The van der Waals surface area contributed by atoms with Crippen LogP contribution < -0.4 is 21.4 Å². The van der Waals surface area contributed by atoms with E-state index in [-0.39, 0.29) is 30.4 Å². The van der Waals surface area contributed by atoms with Crippen molar-refractivity contribution in [2.45, 2.75) is 73.5 Å². The van der Waals surface area contributed by atoms with E-state index in [9.17, 15) is 9.90 Å². The molecular formula is C39H55N5O5. The maximum atomic E-state index is 13.3. The second kappa shape index (κ2) is 16.3. The quantitative estimate of drug-likeness (QED) is 0.195. The zero-order chi connectivity index (χ0) is 35.2. The van der Waals surface area contributed by atoms with Gasteiger partial charge in [-0.1, -0.05) is 13.8 Å². The SMILES string of the molecule is CCc1c2[nH]c(c1C)/C=c1\[nH]/c(c(C)c1CO)=C\C1=NC(/C(C)=c3/cc(C)/c([nH]3)=C/2)[C@@H](CCC(=O)N(C)CCOCCOCCOC)[C@@H]1C. The number of carbonyl (C=O) groups is 1. The number of hydrogen-bond donors (Lipinski definition) is 4. The summed E-state index contributed by atoms with van der Waals surface area (Å²) in [6, 6.07) is 2.15. The van der Waals surface area contributed by atoms with E-state index in [4.69, 9.17) is 19.2 Å². The third-order valence-corrected chi connectivity index (χ3v) is 10.5. The van der Waals surface area contributed by atoms with E-state index in [1.807, 2.05) is 7.05 Å². The lowest BCUT2D eigenvalue weighted by atomic mass is 9.81. The first-order valence-corrected chi connectivity index (χ1v) is 17.6. The third kappa shape index (κ3) is 8.04. The van der Waals surface area contributed by atoms with Gasteiger partial charge in [-0.25, -0.2) is 0 Å². The molecule has 0 saturated carbocycles. The number of aryl methyl sites for hydroxylation is 1. The van der Waals surface area contributed by atoms with Gasteiger partial charge in [-0.15, -0.1) is 0 Å². The van der Waals surface area contributed by atoms with Crippen LogP contribution in [0.15, 0.2) is 11.1 Å². The molecule has 5 heterocycles. The Morgan fingerprint density at radius 2 is 1.61 bits per heavy atom. The van der Waals surface area contributed by atoms with Crippen molar-refractivity contribution >= 4 is 35.4 Å². The fourth-order valence-electron chi connectivity index (χ4n) is 7.22. The number of nitrogens with zero attached hydrogens (tertiary/aromatic N) is 2. The number of aliphatic imine (C=N–C) groups is 1. The molecular weight excluding hydrogens is 618 g/mol. The number of H-pyrrole nitrogens is 3. The summed E-state index contributed by atoms with van der Waals surface area (Å²) in [7, 11) is 3.49. The van der Waals surface area contributed by atoms with Crippen molar-refractivity contribution < 1.29 is 24.1 Å². The molecule has 0 aromatic carbocycles. The number of nitrogens with one attached hydrogen (secondary N) is 3. The first-order chi connectivity index (χ1) is 23.6. The predicted octanol–water partition coefficient (Wildman–Crippen LogP) is 2.27. The fraction of sp³-hybridized carbons (Fsp3) is 0.538. The van der Waals surface area contributed by atoms with Crippen molar-refractivity contribution in [2.75, 3.05) is 53.7 Å². The number of ether oxygens (including phenoxy) is 3. The molecule has 0 aliphatic carbocycles. The van der Waals surface area contributed by atoms with E-state index in [2.05, 4.69) is 80.8 Å². The molecule has 0 spiro atoms. The second-order valence-electron chi connectivity index (χ2n) is 13.5. The minimum absolute atomic E-state index is 0.0610. The van der Waals surface area contributed by atoms with E-state index >= 15 is 0 Å². The summed E-state index contributed by atoms with van der Waals surface area (Å²) in [5.41, 5.74) is 9.86. The van der Waals surface area contributed by atoms with Crippen molar-refractivity contribution in [3.63, 3.8) is 0 Å². The van der Waals surface area contributed by atoms with Crippen LogP contribution in [0.25, 0.3) is 23.8 Å². The van der Waals surface area contributed by atoms with Crippen LogP contribution in [0.5, 0.6) is 0 Å². The highest BCUT2D eigenvalue weighted by Gasteiger charge is 2.37. The van der Waals surface area contributed by atoms with Gasteiger partial charge in [0, 0.05) is 77.1 Å². The van der Waals surface area contributed by atoms with Crippen molar-refractivity contribution in [2.24, 2.45) is 16.8 Å². The molecule has 1 amide bonds. The van der Waals surface area contributed by atoms with Gasteiger partial charge in [0.05, 0.1) is 45.7 Å². The minimum Gasteiger partial charge on any atom is -0.392 e. The molecule has 2 aliphatic heterocycles. The number of aromatic amines is 3. The van der Waals surface area contributed by atoms with E-state index in [0.29, 0.717) is 46.0 Å². The van der Waals surface area contributed by atoms with Gasteiger partial charge in [-0.3, -0.25) is 9.79 Å². The number of methoxy groups -OCH3 is 1. The number of carbonyl (C=O) groups excluding carboxylic acids is 1. The zero-order valence-electron chi connectivity index (χ0n) is 30.6. The van der Waals surface area contributed by atoms with Gasteiger partial charge in [0.2, 0.25) is 5.91 Å². The molecule has 0 fully saturated rings. The average molecular weight is 674 g/mol. The molecule has 266 valence electrons. The Labute approximate surface area is 289 Å². The van der Waals surface area contributed by atoms with Gasteiger partial charge in [0.1, 0.15) is 0 Å². The van der Waals surface area contributed by atoms with E-state index in [1.165, 1.54) is 22.3 Å². The number of likely N-dealkylation sites (N-methyl/N-ethyl adjacent to an activating group) is 1. The van der Waals surface area contributed by atoms with Crippen LogP contribution in [0.1, 0.15) is 72.8 Å². The number of aromatic nitrogens is 3. The van der Waals surface area contributed by atoms with E-state index in [0.717, 1.165) is 62.5 Å². The van der Waals surface area contributed by atoms with Crippen molar-refractivity contribution in [1.82, 2.24) is 19.9 Å². The van der Waals surface area contributed by atoms with Crippen molar-refractivity contribution in [3.8, 4) is 0 Å². The summed E-state index contributed by atoms with van der Waals surface area (Å²) in [5, 5.41) is 14.4. The van der Waals surface area contributed by atoms with Gasteiger partial charge in [0.15, 0.2) is 0 Å². The maximum absolute atomic E-state index is 13.3. The number of aliphatic hydroxyl groups excluding tert-OH is 1. The van der Waals surface area contributed by atoms with E-state index in [1.54, 1.807) is 12.0 Å². The molecule has 49 heavy (non-hydrogen) atoms. The number of aliphatic hydroxyl groups is 1. The van der Waals surface area contributed by atoms with E-state index < -0.39 is 0 Å². The Morgan fingerprint density at radius 1 is 0.898 bits per heavy atom. The standard InChI is InChI=1S/C39H55N5O5/c1-9-28-24(3)34-21-37-30(22-45)26(5)33(42-37)20-35-25(4)29(10-11-38(46)44(7)12-13-48-16-17-49-15-14-47-8)39(43-35)27(6)32-18-23(2)31(40-32)19-36(28)41-34/h18-21,25,29,39-42,45H,9-17,22H2,1-8H3/b31-19-,32-27-,33-20-,37-21-/t25-,29-,39?/m0/s1. The molecule has 1 unspecified atom stereocenters. The predicted molar refractivity (Wildman–Crippen MR) is 195 cm³/mol. The molecule has 0 saturated heterocycles. The van der Waals surface area contributed by atoms with Crippen molar-refractivity contribution in [1.29, 1.82) is 0 Å². The highest BCUT2D eigenvalue weighted by Crippen LogP contribution is 2.36. The first-order valence-electron chi connectivity index (χ1n) is 17.6. The summed E-state index contributed by atoms with van der Waals surface area (Å²) in [4.78, 5) is 31.4. The van der Waals surface area contributed by atoms with Crippen LogP contribution in [-0.4, -0.2) is 96.4 Å². The van der Waals surface area contributed by atoms with Crippen molar-refractivity contribution in [3.05, 3.63) is 66.7 Å². The maximum Gasteiger partial charge on any atom is 0.222 e. The summed E-state index contributed by atoms with van der Waals surface area (Å²) < 4.78 is 16.1. The smallest absolute Gasteiger partial charge is 0.222 e. The first kappa shape index (κ1) is 36.6. The van der Waals surface area contributed by atoms with Crippen LogP contribution >= 0.6 is 0 Å². The number of rotatable bonds is 14. The number of amides is 1. The molecule has 0 radical (unpaired) electrons. The second-order valence-corrected chi connectivity index (χ2v) is 13.5. The normalized spacial score (nSPS) is 21.8. The summed E-state index contributed by atoms with van der Waals surface area (Å²) in [5.74, 6) is 0.381. The summed E-state index contributed by atoms with van der Waals surface area (Å²) in [6.45, 7) is 16.0. The third-order valence-electron chi connectivity index (χ3n) is 10.5. The summed E-state index contributed by atoms with van der Waals surface area (Å²) in [6.07, 6.45) is 8.53.